The quantitative estimate of drug-likeness (QED) is 0.789. The van der Waals surface area contributed by atoms with Crippen molar-refractivity contribution in [1.82, 2.24) is 0 Å². The van der Waals surface area contributed by atoms with E-state index in [9.17, 15) is 5.11 Å². The van der Waals surface area contributed by atoms with Crippen LogP contribution in [0.25, 0.3) is 0 Å². The first kappa shape index (κ1) is 12.0. The molecule has 2 heteroatoms. The van der Waals surface area contributed by atoms with Gasteiger partial charge in [-0.05, 0) is 57.7 Å². The van der Waals surface area contributed by atoms with Gasteiger partial charge in [0, 0.05) is 3.57 Å². The van der Waals surface area contributed by atoms with Crippen molar-refractivity contribution < 1.29 is 5.11 Å². The number of aliphatic hydroxyl groups excluding tert-OH is 1. The lowest BCUT2D eigenvalue weighted by Crippen LogP contribution is -2.15. The average Bonchev–Trinajstić information content (AvgIpc) is 2.07. The van der Waals surface area contributed by atoms with Crippen molar-refractivity contribution in [3.63, 3.8) is 0 Å². The van der Waals surface area contributed by atoms with E-state index in [1.54, 1.807) is 0 Å². The molecule has 1 N–H and O–H groups in total. The Labute approximate surface area is 99.7 Å². The summed E-state index contributed by atoms with van der Waals surface area (Å²) in [5, 5.41) is 9.29. The van der Waals surface area contributed by atoms with Gasteiger partial charge in [-0.15, -0.1) is 0 Å². The molecule has 14 heavy (non-hydrogen) atoms. The lowest BCUT2D eigenvalue weighted by atomic mass is 9.83. The molecule has 1 rings (SSSR count). The minimum atomic E-state index is 0.104. The number of aryl methyl sites for hydroxylation is 1. The highest BCUT2D eigenvalue weighted by Crippen LogP contribution is 2.29. The van der Waals surface area contributed by atoms with Gasteiger partial charge >= 0.3 is 0 Å². The van der Waals surface area contributed by atoms with Crippen LogP contribution >= 0.6 is 22.6 Å². The number of rotatable bonds is 1. The van der Waals surface area contributed by atoms with E-state index in [0.717, 1.165) is 5.56 Å². The molecule has 1 aromatic carbocycles. The first-order valence-corrected chi connectivity index (χ1v) is 5.84. The Morgan fingerprint density at radius 1 is 1.29 bits per heavy atom. The molecule has 0 fully saturated rings. The van der Waals surface area contributed by atoms with Crippen molar-refractivity contribution in [1.29, 1.82) is 0 Å². The molecular formula is C12H17IO. The summed E-state index contributed by atoms with van der Waals surface area (Å²) in [6.07, 6.45) is 0. The van der Waals surface area contributed by atoms with Gasteiger partial charge in [0.1, 0.15) is 0 Å². The van der Waals surface area contributed by atoms with E-state index < -0.39 is 0 Å². The normalized spacial score (nSPS) is 11.9. The van der Waals surface area contributed by atoms with Gasteiger partial charge in [0.2, 0.25) is 0 Å². The third-order valence-electron chi connectivity index (χ3n) is 2.36. The van der Waals surface area contributed by atoms with E-state index in [1.165, 1.54) is 14.7 Å². The Balaban J connectivity index is 3.35. The number of aliphatic hydroxyl groups is 1. The van der Waals surface area contributed by atoms with Gasteiger partial charge in [-0.3, -0.25) is 0 Å². The number of hydrogen-bond donors (Lipinski definition) is 1. The van der Waals surface area contributed by atoms with Gasteiger partial charge in [-0.1, -0.05) is 26.8 Å². The summed E-state index contributed by atoms with van der Waals surface area (Å²) in [6.45, 7) is 8.76. The maximum absolute atomic E-state index is 9.29. The summed E-state index contributed by atoms with van der Waals surface area (Å²) in [6, 6.07) is 4.27. The monoisotopic (exact) mass is 304 g/mol. The summed E-state index contributed by atoms with van der Waals surface area (Å²) in [5.74, 6) is 0. The van der Waals surface area contributed by atoms with Gasteiger partial charge in [0.05, 0.1) is 6.61 Å². The van der Waals surface area contributed by atoms with Gasteiger partial charge < -0.3 is 5.11 Å². The molecule has 0 bridgehead atoms. The first-order chi connectivity index (χ1) is 6.36. The number of benzene rings is 1. The van der Waals surface area contributed by atoms with Gasteiger partial charge in [0.15, 0.2) is 0 Å². The largest absolute Gasteiger partial charge is 0.392 e. The van der Waals surface area contributed by atoms with Crippen LogP contribution < -0.4 is 0 Å². The maximum atomic E-state index is 9.29. The van der Waals surface area contributed by atoms with E-state index in [0.29, 0.717) is 0 Å². The van der Waals surface area contributed by atoms with E-state index in [-0.39, 0.29) is 12.0 Å². The topological polar surface area (TPSA) is 20.2 Å². The molecule has 0 aromatic heterocycles. The van der Waals surface area contributed by atoms with Crippen LogP contribution in [0.2, 0.25) is 0 Å². The second-order valence-corrected chi connectivity index (χ2v) is 5.83. The second-order valence-electron chi connectivity index (χ2n) is 4.67. The molecule has 78 valence electrons. The van der Waals surface area contributed by atoms with Crippen LogP contribution in [0.4, 0.5) is 0 Å². The SMILES string of the molecule is Cc1cc(C(C)(C)C)c(CO)cc1I. The minimum Gasteiger partial charge on any atom is -0.392 e. The molecule has 0 saturated heterocycles. The highest BCUT2D eigenvalue weighted by atomic mass is 127. The average molecular weight is 304 g/mol. The van der Waals surface area contributed by atoms with E-state index >= 15 is 0 Å². The molecule has 0 unspecified atom stereocenters. The summed E-state index contributed by atoms with van der Waals surface area (Å²) in [7, 11) is 0. The highest BCUT2D eigenvalue weighted by Gasteiger charge is 2.18. The van der Waals surface area contributed by atoms with Crippen LogP contribution in [0.1, 0.15) is 37.5 Å². The Hall–Kier alpha value is -0.0900. The fourth-order valence-electron chi connectivity index (χ4n) is 1.55. The summed E-state index contributed by atoms with van der Waals surface area (Å²) < 4.78 is 1.22. The molecule has 0 heterocycles. The lowest BCUT2D eigenvalue weighted by molar-refractivity contribution is 0.278. The maximum Gasteiger partial charge on any atom is 0.0685 e. The smallest absolute Gasteiger partial charge is 0.0685 e. The number of hydrogen-bond acceptors (Lipinski definition) is 1. The van der Waals surface area contributed by atoms with Crippen molar-refractivity contribution in [2.75, 3.05) is 0 Å². The van der Waals surface area contributed by atoms with Crippen LogP contribution in [0.3, 0.4) is 0 Å². The van der Waals surface area contributed by atoms with Crippen LogP contribution in [0.15, 0.2) is 12.1 Å². The molecule has 0 radical (unpaired) electrons. The Morgan fingerprint density at radius 3 is 2.29 bits per heavy atom. The van der Waals surface area contributed by atoms with Crippen LogP contribution in [0, 0.1) is 10.5 Å². The Bertz CT molecular complexity index is 337. The van der Waals surface area contributed by atoms with Gasteiger partial charge in [0.25, 0.3) is 0 Å². The zero-order chi connectivity index (χ0) is 10.9. The van der Waals surface area contributed by atoms with E-state index in [2.05, 4.69) is 62.4 Å². The van der Waals surface area contributed by atoms with Crippen molar-refractivity contribution >= 4 is 22.6 Å². The molecule has 0 amide bonds. The third kappa shape index (κ3) is 2.48. The molecule has 0 aliphatic rings. The second kappa shape index (κ2) is 4.19. The molecule has 0 spiro atoms. The van der Waals surface area contributed by atoms with Gasteiger partial charge in [-0.2, -0.15) is 0 Å². The lowest BCUT2D eigenvalue weighted by Gasteiger charge is -2.23. The third-order valence-corrected chi connectivity index (χ3v) is 3.53. The predicted molar refractivity (Wildman–Crippen MR) is 68.5 cm³/mol. The molecule has 0 atom stereocenters. The van der Waals surface area contributed by atoms with Crippen molar-refractivity contribution in [3.8, 4) is 0 Å². The fraction of sp³-hybridized carbons (Fsp3) is 0.500. The zero-order valence-electron chi connectivity index (χ0n) is 9.19. The van der Waals surface area contributed by atoms with E-state index in [1.807, 2.05) is 0 Å². The molecule has 0 aliphatic carbocycles. The Morgan fingerprint density at radius 2 is 1.86 bits per heavy atom. The van der Waals surface area contributed by atoms with Crippen molar-refractivity contribution in [3.05, 3.63) is 32.4 Å². The Kier molecular flexibility index (Phi) is 3.58. The summed E-state index contributed by atoms with van der Waals surface area (Å²) in [5.41, 5.74) is 3.69. The standard InChI is InChI=1S/C12H17IO/c1-8-5-10(12(2,3)4)9(7-14)6-11(8)13/h5-6,14H,7H2,1-4H3. The fourth-order valence-corrected chi connectivity index (χ4v) is 2.08. The van der Waals surface area contributed by atoms with Gasteiger partial charge in [-0.25, -0.2) is 0 Å². The van der Waals surface area contributed by atoms with Crippen LogP contribution in [-0.2, 0) is 12.0 Å². The zero-order valence-corrected chi connectivity index (χ0v) is 11.3. The summed E-state index contributed by atoms with van der Waals surface area (Å²) in [4.78, 5) is 0. The molecule has 1 nitrogen and oxygen atoms in total. The summed E-state index contributed by atoms with van der Waals surface area (Å²) >= 11 is 2.31. The minimum absolute atomic E-state index is 0.104. The van der Waals surface area contributed by atoms with Crippen LogP contribution in [-0.4, -0.2) is 5.11 Å². The number of halogens is 1. The predicted octanol–water partition coefficient (Wildman–Crippen LogP) is 3.39. The van der Waals surface area contributed by atoms with E-state index in [4.69, 9.17) is 0 Å². The molecule has 0 saturated carbocycles. The van der Waals surface area contributed by atoms with Crippen molar-refractivity contribution in [2.45, 2.75) is 39.7 Å². The molecular weight excluding hydrogens is 287 g/mol. The molecule has 1 aromatic rings. The highest BCUT2D eigenvalue weighted by molar-refractivity contribution is 14.1. The molecule has 0 aliphatic heterocycles. The van der Waals surface area contributed by atoms with Crippen LogP contribution in [0.5, 0.6) is 0 Å². The van der Waals surface area contributed by atoms with Crippen molar-refractivity contribution in [2.24, 2.45) is 0 Å². The first-order valence-electron chi connectivity index (χ1n) is 4.76.